The summed E-state index contributed by atoms with van der Waals surface area (Å²) < 4.78 is 18.9. The molecule has 0 spiro atoms. The highest BCUT2D eigenvalue weighted by Gasteiger charge is 2.48. The van der Waals surface area contributed by atoms with E-state index in [1.165, 1.54) is 0 Å². The lowest BCUT2D eigenvalue weighted by Gasteiger charge is -2.15. The largest absolute Gasteiger partial charge is 0.456 e. The second kappa shape index (κ2) is 7.24. The van der Waals surface area contributed by atoms with Crippen LogP contribution >= 0.6 is 11.6 Å². The van der Waals surface area contributed by atoms with Crippen molar-refractivity contribution in [2.75, 3.05) is 13.2 Å². The summed E-state index contributed by atoms with van der Waals surface area (Å²) in [5.41, 5.74) is 4.20. The van der Waals surface area contributed by atoms with E-state index in [1.54, 1.807) is 0 Å². The Balaban J connectivity index is 1.32. The topological polar surface area (TPSA) is 107 Å². The monoisotopic (exact) mass is 419 g/mol. The van der Waals surface area contributed by atoms with Crippen LogP contribution in [0.2, 0.25) is 5.02 Å². The van der Waals surface area contributed by atoms with E-state index in [0.717, 1.165) is 23.4 Å². The first-order chi connectivity index (χ1) is 14.0. The summed E-state index contributed by atoms with van der Waals surface area (Å²) in [7, 11) is 1.91. The summed E-state index contributed by atoms with van der Waals surface area (Å²) in [4.78, 5) is 12.2. The Kier molecular flexibility index (Phi) is 4.70. The fourth-order valence-corrected chi connectivity index (χ4v) is 4.23. The van der Waals surface area contributed by atoms with Gasteiger partial charge in [0, 0.05) is 13.2 Å². The number of ether oxygens (including phenoxy) is 3. The molecule has 9 nitrogen and oxygen atoms in total. The summed E-state index contributed by atoms with van der Waals surface area (Å²) in [6.07, 6.45) is 1.82. The second-order valence-corrected chi connectivity index (χ2v) is 7.99. The smallest absolute Gasteiger partial charge is 0.296 e. The molecule has 0 aromatic carbocycles. The first kappa shape index (κ1) is 18.8. The third-order valence-corrected chi connectivity index (χ3v) is 5.76. The molecule has 5 heterocycles. The molecule has 3 aromatic rings. The maximum absolute atomic E-state index is 9.85. The van der Waals surface area contributed by atoms with Gasteiger partial charge in [-0.05, 0) is 31.4 Å². The van der Waals surface area contributed by atoms with Gasteiger partial charge in [-0.1, -0.05) is 11.6 Å². The van der Waals surface area contributed by atoms with Crippen LogP contribution in [0, 0.1) is 6.92 Å². The fraction of sp³-hybridized carbons (Fsp3) is 0.526. The molecular formula is C19H22ClN5O4. The molecule has 2 aliphatic rings. The highest BCUT2D eigenvalue weighted by molar-refractivity contribution is 6.31. The number of hydrogen-bond donors (Lipinski definition) is 2. The summed E-state index contributed by atoms with van der Waals surface area (Å²) in [5, 5.41) is 14.9. The van der Waals surface area contributed by atoms with Gasteiger partial charge in [0.2, 0.25) is 0 Å². The van der Waals surface area contributed by atoms with Gasteiger partial charge >= 0.3 is 0 Å². The number of hydrogen-bond acceptors (Lipinski definition) is 7. The average Bonchev–Trinajstić information content (AvgIpc) is 3.41. The minimum Gasteiger partial charge on any atom is -0.456 e. The van der Waals surface area contributed by atoms with Crippen molar-refractivity contribution in [3.05, 3.63) is 34.2 Å². The number of pyridine rings is 1. The first-order valence-electron chi connectivity index (χ1n) is 9.60. The van der Waals surface area contributed by atoms with Crippen LogP contribution in [0.4, 0.5) is 0 Å². The number of aromatic amines is 1. The molecule has 0 aliphatic carbocycles. The van der Waals surface area contributed by atoms with Crippen LogP contribution in [0.5, 0.6) is 6.01 Å². The van der Waals surface area contributed by atoms with Crippen molar-refractivity contribution >= 4 is 22.8 Å². The molecule has 0 radical (unpaired) electrons. The molecule has 5 rings (SSSR count). The molecule has 0 saturated carbocycles. The van der Waals surface area contributed by atoms with E-state index >= 15 is 0 Å². The summed E-state index contributed by atoms with van der Waals surface area (Å²) in [6.45, 7) is 2.64. The van der Waals surface area contributed by atoms with Crippen molar-refractivity contribution in [1.82, 2.24) is 24.7 Å². The van der Waals surface area contributed by atoms with Gasteiger partial charge in [0.1, 0.15) is 18.3 Å². The number of aryl methyl sites for hydroxylation is 4. The van der Waals surface area contributed by atoms with Gasteiger partial charge in [0.25, 0.3) is 6.01 Å². The summed E-state index contributed by atoms with van der Waals surface area (Å²) >= 11 is 6.44. The van der Waals surface area contributed by atoms with Gasteiger partial charge in [0.05, 0.1) is 35.1 Å². The van der Waals surface area contributed by atoms with Crippen LogP contribution in [0.1, 0.15) is 17.0 Å². The van der Waals surface area contributed by atoms with Gasteiger partial charge < -0.3 is 24.3 Å². The number of nitrogens with zero attached hydrogens (tertiary/aromatic N) is 4. The predicted molar refractivity (Wildman–Crippen MR) is 104 cm³/mol. The van der Waals surface area contributed by atoms with Crippen molar-refractivity contribution in [3.63, 3.8) is 0 Å². The molecule has 10 heteroatoms. The standard InChI is InChI=1S/C19H22ClN5O4/c1-9-6-25(2)24-11(9)3-4-12-10(20)5-13-18(21-12)23-19(22-13)29-15-8-28-16-14(26)7-27-17(15)16/h5-6,14-17,26H,3-4,7-8H2,1-2H3,(H,21,22,23)/t14-,15-,16-,17-/m1/s1. The van der Waals surface area contributed by atoms with Crippen molar-refractivity contribution in [1.29, 1.82) is 0 Å². The molecule has 3 aromatic heterocycles. The highest BCUT2D eigenvalue weighted by Crippen LogP contribution is 2.30. The van der Waals surface area contributed by atoms with Gasteiger partial charge in [-0.2, -0.15) is 10.1 Å². The third-order valence-electron chi connectivity index (χ3n) is 5.44. The van der Waals surface area contributed by atoms with E-state index in [2.05, 4.69) is 20.1 Å². The van der Waals surface area contributed by atoms with Gasteiger partial charge in [0.15, 0.2) is 11.8 Å². The average molecular weight is 420 g/mol. The highest BCUT2D eigenvalue weighted by atomic mass is 35.5. The van der Waals surface area contributed by atoms with E-state index < -0.39 is 6.10 Å². The molecule has 2 aliphatic heterocycles. The molecular weight excluding hydrogens is 398 g/mol. The third kappa shape index (κ3) is 3.48. The number of aliphatic hydroxyl groups is 1. The Bertz CT molecular complexity index is 1050. The SMILES string of the molecule is Cc1cn(C)nc1CCc1nc2nc(O[C@@H]3CO[C@H]4[C@@H]3OC[C@H]4O)[nH]c2cc1Cl. The van der Waals surface area contributed by atoms with E-state index in [-0.39, 0.29) is 24.9 Å². The Morgan fingerprint density at radius 1 is 1.24 bits per heavy atom. The predicted octanol–water partition coefficient (Wildman–Crippen LogP) is 1.34. The zero-order chi connectivity index (χ0) is 20.1. The van der Waals surface area contributed by atoms with E-state index in [1.807, 2.05) is 30.9 Å². The van der Waals surface area contributed by atoms with Crippen LogP contribution in [-0.2, 0) is 29.4 Å². The lowest BCUT2D eigenvalue weighted by Crippen LogP contribution is -2.34. The Hall–Kier alpha value is -2.20. The zero-order valence-electron chi connectivity index (χ0n) is 16.1. The second-order valence-electron chi connectivity index (χ2n) is 7.58. The van der Waals surface area contributed by atoms with E-state index in [0.29, 0.717) is 35.2 Å². The molecule has 2 saturated heterocycles. The normalized spacial score (nSPS) is 26.3. The number of rotatable bonds is 5. The lowest BCUT2D eigenvalue weighted by atomic mass is 10.1. The number of aliphatic hydroxyl groups excluding tert-OH is 1. The molecule has 0 unspecified atom stereocenters. The Morgan fingerprint density at radius 3 is 2.83 bits per heavy atom. The van der Waals surface area contributed by atoms with Gasteiger partial charge in [-0.15, -0.1) is 0 Å². The zero-order valence-corrected chi connectivity index (χ0v) is 16.9. The molecule has 29 heavy (non-hydrogen) atoms. The molecule has 2 fully saturated rings. The van der Waals surface area contributed by atoms with Crippen LogP contribution in [-0.4, -0.2) is 67.5 Å². The molecule has 2 N–H and O–H groups in total. The van der Waals surface area contributed by atoms with Gasteiger partial charge in [-0.3, -0.25) is 4.68 Å². The number of halogens is 1. The van der Waals surface area contributed by atoms with Crippen LogP contribution in [0.15, 0.2) is 12.3 Å². The van der Waals surface area contributed by atoms with E-state index in [4.69, 9.17) is 25.8 Å². The minimum atomic E-state index is -0.616. The minimum absolute atomic E-state index is 0.256. The van der Waals surface area contributed by atoms with Crippen LogP contribution in [0.3, 0.4) is 0 Å². The van der Waals surface area contributed by atoms with Crippen molar-refractivity contribution in [3.8, 4) is 6.01 Å². The van der Waals surface area contributed by atoms with E-state index in [9.17, 15) is 5.11 Å². The summed E-state index contributed by atoms with van der Waals surface area (Å²) in [5.74, 6) is 0. The van der Waals surface area contributed by atoms with Crippen LogP contribution < -0.4 is 4.74 Å². The molecule has 0 amide bonds. The van der Waals surface area contributed by atoms with Crippen molar-refractivity contribution < 1.29 is 19.3 Å². The fourth-order valence-electron chi connectivity index (χ4n) is 3.99. The number of H-pyrrole nitrogens is 1. The lowest BCUT2D eigenvalue weighted by molar-refractivity contribution is 0.00706. The number of imidazole rings is 1. The van der Waals surface area contributed by atoms with Crippen LogP contribution in [0.25, 0.3) is 11.2 Å². The summed E-state index contributed by atoms with van der Waals surface area (Å²) in [6, 6.07) is 2.15. The Morgan fingerprint density at radius 2 is 2.03 bits per heavy atom. The van der Waals surface area contributed by atoms with Crippen molar-refractivity contribution in [2.45, 2.75) is 44.2 Å². The molecule has 0 bridgehead atoms. The number of nitrogens with one attached hydrogen (secondary N) is 1. The maximum Gasteiger partial charge on any atom is 0.296 e. The maximum atomic E-state index is 9.85. The Labute approximate surface area is 172 Å². The number of aromatic nitrogens is 5. The molecule has 4 atom stereocenters. The van der Waals surface area contributed by atoms with Crippen molar-refractivity contribution in [2.24, 2.45) is 7.05 Å². The molecule has 154 valence electrons. The first-order valence-corrected chi connectivity index (χ1v) is 9.98. The van der Waals surface area contributed by atoms with Gasteiger partial charge in [-0.25, -0.2) is 4.98 Å². The number of fused-ring (bicyclic) bond motifs is 2. The quantitative estimate of drug-likeness (QED) is 0.642.